The molecule has 0 aliphatic rings. The summed E-state index contributed by atoms with van der Waals surface area (Å²) < 4.78 is 42.1. The first kappa shape index (κ1) is 22.2. The van der Waals surface area contributed by atoms with Crippen molar-refractivity contribution in [2.24, 2.45) is 0 Å². The molecule has 0 aliphatic heterocycles. The number of aromatic nitrogens is 1. The maximum Gasteiger partial charge on any atom is 0.325 e. The molecule has 2 aromatic carbocycles. The molecule has 0 saturated heterocycles. The Kier molecular flexibility index (Phi) is 7.14. The summed E-state index contributed by atoms with van der Waals surface area (Å²) in [7, 11) is 3.09. The van der Waals surface area contributed by atoms with Gasteiger partial charge in [0.05, 0.1) is 25.5 Å². The number of carbonyl (C=O) groups excluding carboxylic acids is 2. The van der Waals surface area contributed by atoms with E-state index in [1.165, 1.54) is 18.4 Å². The van der Waals surface area contributed by atoms with Crippen molar-refractivity contribution < 1.29 is 32.6 Å². The van der Waals surface area contributed by atoms with Crippen LogP contribution in [0.2, 0.25) is 0 Å². The predicted octanol–water partition coefficient (Wildman–Crippen LogP) is 3.58. The van der Waals surface area contributed by atoms with Crippen molar-refractivity contribution in [2.75, 3.05) is 20.8 Å². The Balaban J connectivity index is 1.53. The van der Waals surface area contributed by atoms with Gasteiger partial charge in [0, 0.05) is 17.0 Å². The van der Waals surface area contributed by atoms with Crippen LogP contribution in [-0.2, 0) is 16.1 Å². The molecule has 31 heavy (non-hydrogen) atoms. The van der Waals surface area contributed by atoms with Crippen LogP contribution in [0.1, 0.15) is 16.1 Å². The van der Waals surface area contributed by atoms with Crippen molar-refractivity contribution in [3.63, 3.8) is 0 Å². The fourth-order valence-corrected chi connectivity index (χ4v) is 3.40. The van der Waals surface area contributed by atoms with E-state index < -0.39 is 30.1 Å². The number of nitrogens with one attached hydrogen (secondary N) is 1. The van der Waals surface area contributed by atoms with Crippen molar-refractivity contribution in [3.8, 4) is 22.1 Å². The second-order valence-corrected chi connectivity index (χ2v) is 7.04. The maximum absolute atomic E-state index is 13.6. The van der Waals surface area contributed by atoms with E-state index in [0.29, 0.717) is 28.3 Å². The quantitative estimate of drug-likeness (QED) is 0.530. The monoisotopic (exact) mass is 448 g/mol. The minimum absolute atomic E-state index is 0.0938. The summed E-state index contributed by atoms with van der Waals surface area (Å²) in [4.78, 5) is 28.2. The molecule has 1 aromatic heterocycles. The Hall–Kier alpha value is -3.53. The number of rotatable bonds is 8. The number of thiazole rings is 1. The molecule has 10 heteroatoms. The third-order valence-corrected chi connectivity index (χ3v) is 5.07. The zero-order chi connectivity index (χ0) is 22.4. The van der Waals surface area contributed by atoms with Crippen molar-refractivity contribution in [3.05, 3.63) is 64.7 Å². The molecule has 0 atom stereocenters. The first-order chi connectivity index (χ1) is 14.9. The van der Waals surface area contributed by atoms with Crippen molar-refractivity contribution in [2.45, 2.75) is 6.61 Å². The highest BCUT2D eigenvalue weighted by atomic mass is 32.1. The largest absolute Gasteiger partial charge is 0.493 e. The van der Waals surface area contributed by atoms with Crippen LogP contribution in [0.3, 0.4) is 0 Å². The van der Waals surface area contributed by atoms with Crippen LogP contribution < -0.4 is 14.8 Å². The lowest BCUT2D eigenvalue weighted by Crippen LogP contribution is -2.31. The lowest BCUT2D eigenvalue weighted by Gasteiger charge is -2.08. The van der Waals surface area contributed by atoms with Crippen LogP contribution in [0.4, 0.5) is 8.78 Å². The molecule has 0 radical (unpaired) electrons. The highest BCUT2D eigenvalue weighted by Crippen LogP contribution is 2.33. The molecule has 0 spiro atoms. The van der Waals surface area contributed by atoms with Gasteiger partial charge in [-0.1, -0.05) is 0 Å². The number of methoxy groups -OCH3 is 2. The van der Waals surface area contributed by atoms with Gasteiger partial charge < -0.3 is 19.5 Å². The van der Waals surface area contributed by atoms with Crippen molar-refractivity contribution in [1.29, 1.82) is 0 Å². The number of ether oxygens (including phenoxy) is 3. The SMILES string of the molecule is COc1ccc(-c2nc(COC(=O)CNC(=O)c3ccc(F)cc3F)cs2)cc1OC. The van der Waals surface area contributed by atoms with E-state index in [1.54, 1.807) is 24.6 Å². The average Bonchev–Trinajstić information content (AvgIpc) is 3.24. The minimum atomic E-state index is -1.02. The number of esters is 1. The highest BCUT2D eigenvalue weighted by molar-refractivity contribution is 7.13. The molecule has 0 saturated carbocycles. The molecule has 3 rings (SSSR count). The smallest absolute Gasteiger partial charge is 0.325 e. The second-order valence-electron chi connectivity index (χ2n) is 6.18. The topological polar surface area (TPSA) is 86.8 Å². The van der Waals surface area contributed by atoms with E-state index in [9.17, 15) is 18.4 Å². The number of amides is 1. The Morgan fingerprint density at radius 1 is 1.06 bits per heavy atom. The third-order valence-electron chi connectivity index (χ3n) is 4.13. The zero-order valence-electron chi connectivity index (χ0n) is 16.6. The van der Waals surface area contributed by atoms with Gasteiger partial charge in [0.1, 0.15) is 29.8 Å². The van der Waals surface area contributed by atoms with Crippen LogP contribution >= 0.6 is 11.3 Å². The first-order valence-corrected chi connectivity index (χ1v) is 9.85. The summed E-state index contributed by atoms with van der Waals surface area (Å²) in [5.74, 6) is -2.23. The van der Waals surface area contributed by atoms with Gasteiger partial charge in [0.2, 0.25) is 0 Å². The number of hydrogen-bond donors (Lipinski definition) is 1. The van der Waals surface area contributed by atoms with Gasteiger partial charge in [0.15, 0.2) is 11.5 Å². The molecule has 3 aromatic rings. The lowest BCUT2D eigenvalue weighted by molar-refractivity contribution is -0.143. The van der Waals surface area contributed by atoms with Gasteiger partial charge in [-0.15, -0.1) is 11.3 Å². The van der Waals surface area contributed by atoms with E-state index in [4.69, 9.17) is 14.2 Å². The molecule has 0 fully saturated rings. The van der Waals surface area contributed by atoms with Gasteiger partial charge in [0.25, 0.3) is 5.91 Å². The van der Waals surface area contributed by atoms with Crippen LogP contribution in [0.5, 0.6) is 11.5 Å². The fourth-order valence-electron chi connectivity index (χ4n) is 2.60. The third kappa shape index (κ3) is 5.54. The Morgan fingerprint density at radius 3 is 2.55 bits per heavy atom. The standard InChI is InChI=1S/C21H18F2N2O5S/c1-28-17-6-3-12(7-18(17)29-2)21-25-14(11-31-21)10-30-19(26)9-24-20(27)15-5-4-13(22)8-16(15)23/h3-8,11H,9-10H2,1-2H3,(H,24,27). The van der Waals surface area contributed by atoms with Crippen LogP contribution in [0.25, 0.3) is 10.6 Å². The zero-order valence-corrected chi connectivity index (χ0v) is 17.4. The van der Waals surface area contributed by atoms with Crippen molar-refractivity contribution >= 4 is 23.2 Å². The fraction of sp³-hybridized carbons (Fsp3) is 0.190. The molecular formula is C21H18F2N2O5S. The molecule has 1 heterocycles. The summed E-state index contributed by atoms with van der Waals surface area (Å²) in [6.45, 7) is -0.564. The number of benzene rings is 2. The predicted molar refractivity (Wildman–Crippen MR) is 109 cm³/mol. The Bertz CT molecular complexity index is 1100. The summed E-state index contributed by atoms with van der Waals surface area (Å²) in [5.41, 5.74) is 0.973. The van der Waals surface area contributed by atoms with E-state index in [-0.39, 0.29) is 12.2 Å². The first-order valence-electron chi connectivity index (χ1n) is 8.97. The van der Waals surface area contributed by atoms with E-state index in [0.717, 1.165) is 17.7 Å². The Morgan fingerprint density at radius 2 is 1.84 bits per heavy atom. The van der Waals surface area contributed by atoms with E-state index in [1.807, 2.05) is 6.07 Å². The molecular weight excluding hydrogens is 430 g/mol. The van der Waals surface area contributed by atoms with Crippen LogP contribution in [0.15, 0.2) is 41.8 Å². The molecule has 7 nitrogen and oxygen atoms in total. The number of nitrogens with zero attached hydrogens (tertiary/aromatic N) is 1. The molecule has 1 N–H and O–H groups in total. The highest BCUT2D eigenvalue weighted by Gasteiger charge is 2.15. The summed E-state index contributed by atoms with van der Waals surface area (Å²) in [6.07, 6.45) is 0. The molecule has 0 unspecified atom stereocenters. The summed E-state index contributed by atoms with van der Waals surface area (Å²) >= 11 is 1.36. The van der Waals surface area contributed by atoms with E-state index in [2.05, 4.69) is 10.3 Å². The number of halogens is 2. The second kappa shape index (κ2) is 9.98. The summed E-state index contributed by atoms with van der Waals surface area (Å²) in [6, 6.07) is 7.93. The molecule has 0 aliphatic carbocycles. The molecule has 162 valence electrons. The lowest BCUT2D eigenvalue weighted by atomic mass is 10.2. The van der Waals surface area contributed by atoms with Crippen LogP contribution in [-0.4, -0.2) is 37.6 Å². The van der Waals surface area contributed by atoms with Gasteiger partial charge in [-0.25, -0.2) is 13.8 Å². The minimum Gasteiger partial charge on any atom is -0.493 e. The molecule has 1 amide bonds. The van der Waals surface area contributed by atoms with E-state index >= 15 is 0 Å². The average molecular weight is 448 g/mol. The molecule has 0 bridgehead atoms. The number of hydrogen-bond acceptors (Lipinski definition) is 7. The van der Waals surface area contributed by atoms with Crippen molar-refractivity contribution in [1.82, 2.24) is 10.3 Å². The number of carbonyl (C=O) groups is 2. The maximum atomic E-state index is 13.6. The normalized spacial score (nSPS) is 10.5. The van der Waals surface area contributed by atoms with Gasteiger partial charge in [-0.3, -0.25) is 9.59 Å². The van der Waals surface area contributed by atoms with Gasteiger partial charge in [-0.05, 0) is 30.3 Å². The van der Waals surface area contributed by atoms with Gasteiger partial charge in [-0.2, -0.15) is 0 Å². The van der Waals surface area contributed by atoms with Crippen LogP contribution in [0, 0.1) is 11.6 Å². The summed E-state index contributed by atoms with van der Waals surface area (Å²) in [5, 5.41) is 4.67. The van der Waals surface area contributed by atoms with Gasteiger partial charge >= 0.3 is 5.97 Å². The Labute approximate surface area is 180 Å².